The number of halogens is 1. The Morgan fingerprint density at radius 1 is 1.23 bits per heavy atom. The zero-order valence-electron chi connectivity index (χ0n) is 15.8. The van der Waals surface area contributed by atoms with Crippen LogP contribution in [0, 0.1) is 0 Å². The van der Waals surface area contributed by atoms with Crippen molar-refractivity contribution in [1.82, 2.24) is 13.3 Å². The third-order valence-corrected chi connectivity index (χ3v) is 8.74. The zero-order valence-corrected chi connectivity index (χ0v) is 19.0. The quantitative estimate of drug-likeness (QED) is 0.623. The summed E-state index contributed by atoms with van der Waals surface area (Å²) in [6.45, 7) is 0.936. The van der Waals surface area contributed by atoms with Gasteiger partial charge in [0.15, 0.2) is 0 Å². The minimum absolute atomic E-state index is 0.108. The number of allylic oxidation sites excluding steroid dienone is 2. The first-order valence-corrected chi connectivity index (χ1v) is 12.5. The maximum Gasteiger partial charge on any atom is 0.414 e. The highest BCUT2D eigenvalue weighted by molar-refractivity contribution is 9.10. The Bertz CT molecular complexity index is 1090. The van der Waals surface area contributed by atoms with E-state index in [2.05, 4.69) is 20.7 Å². The van der Waals surface area contributed by atoms with Gasteiger partial charge in [0, 0.05) is 41.6 Å². The van der Waals surface area contributed by atoms with Gasteiger partial charge in [-0.25, -0.2) is 13.2 Å². The van der Waals surface area contributed by atoms with Crippen LogP contribution in [0.1, 0.15) is 18.4 Å². The van der Waals surface area contributed by atoms with Gasteiger partial charge in [-0.1, -0.05) is 15.9 Å². The van der Waals surface area contributed by atoms with E-state index in [1.807, 2.05) is 24.4 Å². The molecule has 1 aromatic carbocycles. The lowest BCUT2D eigenvalue weighted by Crippen LogP contribution is -2.50. The zero-order chi connectivity index (χ0) is 20.9. The minimum atomic E-state index is -3.63. The Labute approximate surface area is 187 Å². The Kier molecular flexibility index (Phi) is 5.08. The lowest BCUT2D eigenvalue weighted by atomic mass is 10.0. The van der Waals surface area contributed by atoms with Crippen LogP contribution in [-0.4, -0.2) is 42.3 Å². The van der Waals surface area contributed by atoms with Crippen molar-refractivity contribution in [2.45, 2.75) is 25.5 Å². The molecule has 0 bridgehead atoms. The molecule has 1 fully saturated rings. The fraction of sp³-hybridized carbons (Fsp3) is 0.316. The SMILES string of the molecule is O=C1OCc2cc(Br)ccc2N1C1CCN(S(=O)(=O)C2=CC=CN3SNC=C23)CC1. The molecular weight excluding hydrogens is 492 g/mol. The van der Waals surface area contributed by atoms with Gasteiger partial charge in [0.05, 0.1) is 23.5 Å². The van der Waals surface area contributed by atoms with Gasteiger partial charge in [0.2, 0.25) is 10.0 Å². The molecule has 5 rings (SSSR count). The number of carbonyl (C=O) groups excluding carboxylic acids is 1. The Balaban J connectivity index is 1.34. The van der Waals surface area contributed by atoms with Gasteiger partial charge in [-0.05, 0) is 43.2 Å². The summed E-state index contributed by atoms with van der Waals surface area (Å²) in [5.74, 6) is 0. The van der Waals surface area contributed by atoms with Crippen molar-refractivity contribution >= 4 is 49.9 Å². The van der Waals surface area contributed by atoms with Crippen LogP contribution < -0.4 is 9.62 Å². The third-order valence-electron chi connectivity index (χ3n) is 5.56. The van der Waals surface area contributed by atoms with Crippen molar-refractivity contribution in [2.75, 3.05) is 18.0 Å². The van der Waals surface area contributed by atoms with Gasteiger partial charge in [-0.3, -0.25) is 9.21 Å². The van der Waals surface area contributed by atoms with Crippen LogP contribution in [0.4, 0.5) is 10.5 Å². The average molecular weight is 511 g/mol. The molecule has 4 heterocycles. The molecule has 8 nitrogen and oxygen atoms in total. The van der Waals surface area contributed by atoms with Crippen LogP contribution in [-0.2, 0) is 21.4 Å². The van der Waals surface area contributed by atoms with Crippen LogP contribution in [0.25, 0.3) is 0 Å². The first kappa shape index (κ1) is 20.0. The number of amides is 1. The number of piperidine rings is 1. The van der Waals surface area contributed by atoms with Crippen LogP contribution in [0.2, 0.25) is 0 Å². The molecule has 11 heteroatoms. The van der Waals surface area contributed by atoms with E-state index in [9.17, 15) is 13.2 Å². The molecule has 0 radical (unpaired) electrons. The molecule has 0 spiro atoms. The second kappa shape index (κ2) is 7.63. The number of sulfonamides is 1. The Morgan fingerprint density at radius 3 is 2.83 bits per heavy atom. The van der Waals surface area contributed by atoms with Crippen LogP contribution in [0.15, 0.2) is 57.8 Å². The highest BCUT2D eigenvalue weighted by atomic mass is 79.9. The number of hydrogen-bond donors (Lipinski definition) is 1. The van der Waals surface area contributed by atoms with Crippen molar-refractivity contribution < 1.29 is 17.9 Å². The van der Waals surface area contributed by atoms with Crippen LogP contribution in [0.5, 0.6) is 0 Å². The van der Waals surface area contributed by atoms with Gasteiger partial charge in [0.1, 0.15) is 11.5 Å². The standard InChI is InChI=1S/C19H19BrN4O4S2/c20-14-3-4-16-13(10-14)12-28-19(25)24(16)15-5-8-22(9-6-15)30(26,27)18-2-1-7-23-17(18)11-21-29-23/h1-4,7,10-11,15,21H,5-6,8-9,12H2. The molecule has 4 aliphatic rings. The maximum absolute atomic E-state index is 13.3. The number of cyclic esters (lactones) is 1. The van der Waals surface area contributed by atoms with Gasteiger partial charge >= 0.3 is 6.09 Å². The van der Waals surface area contributed by atoms with Crippen molar-refractivity contribution in [1.29, 1.82) is 0 Å². The topological polar surface area (TPSA) is 82.2 Å². The van der Waals surface area contributed by atoms with E-state index in [-0.39, 0.29) is 23.6 Å². The molecule has 1 saturated heterocycles. The maximum atomic E-state index is 13.3. The van der Waals surface area contributed by atoms with E-state index in [1.54, 1.807) is 27.6 Å². The smallest absolute Gasteiger partial charge is 0.414 e. The molecule has 0 atom stereocenters. The molecule has 1 amide bonds. The summed E-state index contributed by atoms with van der Waals surface area (Å²) >= 11 is 4.78. The van der Waals surface area contributed by atoms with Gasteiger partial charge in [-0.2, -0.15) is 4.31 Å². The second-order valence-electron chi connectivity index (χ2n) is 7.27. The van der Waals surface area contributed by atoms with E-state index < -0.39 is 10.0 Å². The molecule has 0 aliphatic carbocycles. The molecular formula is C19H19BrN4O4S2. The molecule has 0 aromatic heterocycles. The summed E-state index contributed by atoms with van der Waals surface area (Å²) in [6, 6.07) is 5.66. The Morgan fingerprint density at radius 2 is 2.03 bits per heavy atom. The van der Waals surface area contributed by atoms with Crippen LogP contribution >= 0.6 is 28.1 Å². The van der Waals surface area contributed by atoms with Crippen molar-refractivity contribution in [3.8, 4) is 0 Å². The largest absolute Gasteiger partial charge is 0.444 e. The van der Waals surface area contributed by atoms with E-state index in [4.69, 9.17) is 4.74 Å². The first-order chi connectivity index (χ1) is 14.4. The molecule has 4 aliphatic heterocycles. The molecule has 30 heavy (non-hydrogen) atoms. The summed E-state index contributed by atoms with van der Waals surface area (Å²) in [7, 11) is -3.63. The number of rotatable bonds is 3. The second-order valence-corrected chi connectivity index (χ2v) is 10.9. The molecule has 158 valence electrons. The predicted octanol–water partition coefficient (Wildman–Crippen LogP) is 3.42. The van der Waals surface area contributed by atoms with E-state index >= 15 is 0 Å². The molecule has 1 aromatic rings. The lowest BCUT2D eigenvalue weighted by molar-refractivity contribution is 0.136. The normalized spacial score (nSPS) is 22.1. The number of ether oxygens (including phenoxy) is 1. The van der Waals surface area contributed by atoms with Crippen molar-refractivity contribution in [3.63, 3.8) is 0 Å². The highest BCUT2D eigenvalue weighted by Crippen LogP contribution is 2.37. The fourth-order valence-corrected chi connectivity index (χ4v) is 6.86. The lowest BCUT2D eigenvalue weighted by Gasteiger charge is -2.40. The number of fused-ring (bicyclic) bond motifs is 2. The highest BCUT2D eigenvalue weighted by Gasteiger charge is 2.39. The van der Waals surface area contributed by atoms with Crippen LogP contribution in [0.3, 0.4) is 0 Å². The predicted molar refractivity (Wildman–Crippen MR) is 118 cm³/mol. The van der Waals surface area contributed by atoms with Crippen molar-refractivity contribution in [3.05, 3.63) is 63.4 Å². The van der Waals surface area contributed by atoms with Crippen molar-refractivity contribution in [2.24, 2.45) is 0 Å². The minimum Gasteiger partial charge on any atom is -0.444 e. The van der Waals surface area contributed by atoms with E-state index in [0.717, 1.165) is 15.7 Å². The number of nitrogens with zero attached hydrogens (tertiary/aromatic N) is 3. The summed E-state index contributed by atoms with van der Waals surface area (Å²) in [5.41, 5.74) is 2.41. The number of hydrogen-bond acceptors (Lipinski definition) is 7. The Hall–Kier alpha value is -1.95. The van der Waals surface area contributed by atoms with Gasteiger partial charge < -0.3 is 9.46 Å². The third kappa shape index (κ3) is 3.33. The van der Waals surface area contributed by atoms with E-state index in [1.165, 1.54) is 16.4 Å². The monoisotopic (exact) mass is 510 g/mol. The van der Waals surface area contributed by atoms with Gasteiger partial charge in [-0.15, -0.1) is 0 Å². The number of nitrogens with one attached hydrogen (secondary N) is 1. The number of carbonyl (C=O) groups is 1. The first-order valence-electron chi connectivity index (χ1n) is 9.50. The summed E-state index contributed by atoms with van der Waals surface area (Å²) < 4.78 is 39.1. The number of anilines is 1. The summed E-state index contributed by atoms with van der Waals surface area (Å²) in [5, 5.41) is 0. The average Bonchev–Trinajstić information content (AvgIpc) is 3.23. The van der Waals surface area contributed by atoms with Gasteiger partial charge in [0.25, 0.3) is 0 Å². The summed E-state index contributed by atoms with van der Waals surface area (Å²) in [6.07, 6.45) is 7.60. The molecule has 0 saturated carbocycles. The fourth-order valence-electron chi connectivity index (χ4n) is 4.09. The molecule has 1 N–H and O–H groups in total. The number of benzene rings is 1. The molecule has 0 unspecified atom stereocenters. The summed E-state index contributed by atoms with van der Waals surface area (Å²) in [4.78, 5) is 14.5. The van der Waals surface area contributed by atoms with E-state index in [0.29, 0.717) is 31.6 Å².